The van der Waals surface area contributed by atoms with Crippen LogP contribution in [-0.4, -0.2) is 37.6 Å². The monoisotopic (exact) mass is 167 g/mol. The van der Waals surface area contributed by atoms with Crippen LogP contribution in [0.5, 0.6) is 0 Å². The topological polar surface area (TPSA) is 39.1 Å². The van der Waals surface area contributed by atoms with Gasteiger partial charge in [-0.25, -0.2) is 0 Å². The van der Waals surface area contributed by atoms with Gasteiger partial charge in [-0.15, -0.1) is 0 Å². The molecule has 1 N–H and O–H groups in total. The second-order valence-electron chi connectivity index (χ2n) is 3.67. The Balaban J connectivity index is 2.30. The maximum absolute atomic E-state index is 8.41. The number of nitriles is 1. The highest BCUT2D eigenvalue weighted by molar-refractivity contribution is 4.85. The van der Waals surface area contributed by atoms with Crippen LogP contribution in [0.2, 0.25) is 0 Å². The van der Waals surface area contributed by atoms with Gasteiger partial charge in [-0.3, -0.25) is 0 Å². The van der Waals surface area contributed by atoms with Crippen LogP contribution in [0.1, 0.15) is 13.3 Å². The molecular formula is C9H17N3. The van der Waals surface area contributed by atoms with Crippen molar-refractivity contribution in [3.63, 3.8) is 0 Å². The van der Waals surface area contributed by atoms with E-state index in [2.05, 4.69) is 30.3 Å². The molecular weight excluding hydrogens is 150 g/mol. The smallest absolute Gasteiger partial charge is 0.0843 e. The Hall–Kier alpha value is -0.590. The summed E-state index contributed by atoms with van der Waals surface area (Å²) in [7, 11) is 2.15. The molecule has 3 heteroatoms. The third-order valence-electron chi connectivity index (χ3n) is 2.55. The fourth-order valence-corrected chi connectivity index (χ4v) is 1.83. The number of piperidine rings is 1. The highest BCUT2D eigenvalue weighted by Crippen LogP contribution is 2.14. The molecule has 0 amide bonds. The van der Waals surface area contributed by atoms with Gasteiger partial charge in [0.15, 0.2) is 0 Å². The number of hydrogen-bond donors (Lipinski definition) is 1. The molecule has 2 unspecified atom stereocenters. The van der Waals surface area contributed by atoms with E-state index in [4.69, 9.17) is 5.26 Å². The van der Waals surface area contributed by atoms with Gasteiger partial charge >= 0.3 is 0 Å². The van der Waals surface area contributed by atoms with Crippen molar-refractivity contribution >= 4 is 0 Å². The first-order valence-electron chi connectivity index (χ1n) is 4.53. The van der Waals surface area contributed by atoms with Gasteiger partial charge in [0.1, 0.15) is 0 Å². The zero-order chi connectivity index (χ0) is 8.97. The Morgan fingerprint density at radius 3 is 3.00 bits per heavy atom. The third kappa shape index (κ3) is 2.47. The van der Waals surface area contributed by atoms with Crippen molar-refractivity contribution in [2.75, 3.05) is 26.7 Å². The first-order chi connectivity index (χ1) is 5.74. The molecule has 0 aromatic carbocycles. The quantitative estimate of drug-likeness (QED) is 0.607. The predicted octanol–water partition coefficient (Wildman–Crippen LogP) is 0.440. The van der Waals surface area contributed by atoms with Crippen LogP contribution in [0.3, 0.4) is 0 Å². The maximum Gasteiger partial charge on any atom is 0.0843 e. The summed E-state index contributed by atoms with van der Waals surface area (Å²) in [6.07, 6.45) is 1.17. The van der Waals surface area contributed by atoms with Crippen LogP contribution in [0, 0.1) is 17.2 Å². The summed E-state index contributed by atoms with van der Waals surface area (Å²) in [5.41, 5.74) is 0. The van der Waals surface area contributed by atoms with Crippen molar-refractivity contribution in [3.05, 3.63) is 0 Å². The molecule has 0 aromatic heterocycles. The van der Waals surface area contributed by atoms with Crippen LogP contribution in [-0.2, 0) is 0 Å². The number of rotatable bonds is 2. The number of nitrogens with one attached hydrogen (secondary N) is 1. The molecule has 3 nitrogen and oxygen atoms in total. The summed E-state index contributed by atoms with van der Waals surface area (Å²) >= 11 is 0. The van der Waals surface area contributed by atoms with Crippen LogP contribution in [0.25, 0.3) is 0 Å². The lowest BCUT2D eigenvalue weighted by molar-refractivity contribution is 0.178. The van der Waals surface area contributed by atoms with Crippen molar-refractivity contribution in [2.24, 2.45) is 5.92 Å². The third-order valence-corrected chi connectivity index (χ3v) is 2.55. The molecule has 68 valence electrons. The summed E-state index contributed by atoms with van der Waals surface area (Å²) in [5.74, 6) is 0.664. The minimum absolute atomic E-state index is 0.485. The molecule has 1 aliphatic heterocycles. The molecule has 0 aliphatic carbocycles. The molecule has 1 rings (SSSR count). The van der Waals surface area contributed by atoms with Gasteiger partial charge in [0.05, 0.1) is 12.6 Å². The van der Waals surface area contributed by atoms with Crippen LogP contribution < -0.4 is 5.32 Å². The highest BCUT2D eigenvalue weighted by Gasteiger charge is 2.22. The number of nitrogens with zero attached hydrogens (tertiary/aromatic N) is 2. The molecule has 12 heavy (non-hydrogen) atoms. The molecule has 1 heterocycles. The van der Waals surface area contributed by atoms with Crippen LogP contribution in [0.4, 0.5) is 0 Å². The van der Waals surface area contributed by atoms with E-state index in [-0.39, 0.29) is 0 Å². The summed E-state index contributed by atoms with van der Waals surface area (Å²) in [6.45, 7) is 5.01. The van der Waals surface area contributed by atoms with E-state index in [1.807, 2.05) is 0 Å². The zero-order valence-electron chi connectivity index (χ0n) is 7.88. The average Bonchev–Trinajstić information content (AvgIpc) is 2.03. The standard InChI is InChI=1S/C9H17N3/c1-8-7-12(2)6-3-9(8)11-5-4-10/h8-9,11H,3,5-7H2,1-2H3. The second-order valence-corrected chi connectivity index (χ2v) is 3.67. The fourth-order valence-electron chi connectivity index (χ4n) is 1.83. The molecule has 0 saturated carbocycles. The highest BCUT2D eigenvalue weighted by atomic mass is 15.1. The molecule has 2 atom stereocenters. The van der Waals surface area contributed by atoms with Gasteiger partial charge in [-0.05, 0) is 25.9 Å². The number of hydrogen-bond acceptors (Lipinski definition) is 3. The van der Waals surface area contributed by atoms with E-state index in [1.165, 1.54) is 6.42 Å². The van der Waals surface area contributed by atoms with Crippen molar-refractivity contribution in [3.8, 4) is 6.07 Å². The minimum Gasteiger partial charge on any atom is -0.306 e. The summed E-state index contributed by atoms with van der Waals surface area (Å²) in [4.78, 5) is 2.34. The van der Waals surface area contributed by atoms with E-state index in [0.717, 1.165) is 13.1 Å². The average molecular weight is 167 g/mol. The summed E-state index contributed by atoms with van der Waals surface area (Å²) in [6, 6.07) is 2.66. The molecule has 1 fully saturated rings. The molecule has 0 aromatic rings. The van der Waals surface area contributed by atoms with Crippen LogP contribution in [0.15, 0.2) is 0 Å². The Labute approximate surface area is 74.4 Å². The van der Waals surface area contributed by atoms with E-state index < -0.39 is 0 Å². The Kier molecular flexibility index (Phi) is 3.51. The van der Waals surface area contributed by atoms with E-state index >= 15 is 0 Å². The van der Waals surface area contributed by atoms with Gasteiger partial charge < -0.3 is 10.2 Å². The maximum atomic E-state index is 8.41. The summed E-state index contributed by atoms with van der Waals surface area (Å²) in [5, 5.41) is 11.7. The van der Waals surface area contributed by atoms with Gasteiger partial charge in [0.25, 0.3) is 0 Å². The molecule has 1 saturated heterocycles. The molecule has 0 spiro atoms. The van der Waals surface area contributed by atoms with Crippen molar-refractivity contribution in [1.29, 1.82) is 5.26 Å². The molecule has 0 radical (unpaired) electrons. The van der Waals surface area contributed by atoms with Gasteiger partial charge in [0.2, 0.25) is 0 Å². The lowest BCUT2D eigenvalue weighted by Gasteiger charge is -2.34. The lowest BCUT2D eigenvalue weighted by Crippen LogP contribution is -2.47. The SMILES string of the molecule is CC1CN(C)CCC1NCC#N. The van der Waals surface area contributed by atoms with Gasteiger partial charge in [-0.2, -0.15) is 5.26 Å². The van der Waals surface area contributed by atoms with Crippen molar-refractivity contribution in [2.45, 2.75) is 19.4 Å². The predicted molar refractivity (Wildman–Crippen MR) is 48.7 cm³/mol. The first-order valence-corrected chi connectivity index (χ1v) is 4.53. The summed E-state index contributed by atoms with van der Waals surface area (Å²) < 4.78 is 0. The van der Waals surface area contributed by atoms with Crippen molar-refractivity contribution in [1.82, 2.24) is 10.2 Å². The van der Waals surface area contributed by atoms with E-state index in [9.17, 15) is 0 Å². The van der Waals surface area contributed by atoms with E-state index in [0.29, 0.717) is 18.5 Å². The van der Waals surface area contributed by atoms with Gasteiger partial charge in [-0.1, -0.05) is 6.92 Å². The van der Waals surface area contributed by atoms with Crippen molar-refractivity contribution < 1.29 is 0 Å². The number of likely N-dealkylation sites (tertiary alicyclic amines) is 1. The fraction of sp³-hybridized carbons (Fsp3) is 0.889. The lowest BCUT2D eigenvalue weighted by atomic mass is 9.94. The van der Waals surface area contributed by atoms with Gasteiger partial charge in [0, 0.05) is 12.6 Å². The minimum atomic E-state index is 0.485. The normalized spacial score (nSPS) is 31.4. The Morgan fingerprint density at radius 2 is 2.42 bits per heavy atom. The second kappa shape index (κ2) is 4.44. The van der Waals surface area contributed by atoms with Crippen LogP contribution >= 0.6 is 0 Å². The Bertz CT molecular complexity index is 173. The molecule has 0 bridgehead atoms. The van der Waals surface area contributed by atoms with E-state index in [1.54, 1.807) is 0 Å². The Morgan fingerprint density at radius 1 is 1.67 bits per heavy atom. The molecule has 1 aliphatic rings. The first kappa shape index (κ1) is 9.50. The zero-order valence-corrected chi connectivity index (χ0v) is 7.88. The largest absolute Gasteiger partial charge is 0.306 e.